The van der Waals surface area contributed by atoms with E-state index in [1.54, 1.807) is 23.1 Å². The fourth-order valence-electron chi connectivity index (χ4n) is 7.19. The molecular weight excluding hydrogens is 562 g/mol. The number of ether oxygens (including phenoxy) is 2. The van der Waals surface area contributed by atoms with Gasteiger partial charge < -0.3 is 29.7 Å². The number of likely N-dealkylation sites (tertiary alicyclic amines) is 1. The summed E-state index contributed by atoms with van der Waals surface area (Å²) in [5.74, 6) is -3.74. The number of β-amino-alcohol motifs (C(OH)–C–C–N with tert-alkyl or cyclic N) is 1. The molecular formula is C34H37N3O7. The third-order valence-corrected chi connectivity index (χ3v) is 9.09. The number of nitrogens with one attached hydrogen (secondary N) is 1. The molecule has 0 radical (unpaired) electrons. The van der Waals surface area contributed by atoms with Gasteiger partial charge in [-0.1, -0.05) is 72.8 Å². The van der Waals surface area contributed by atoms with Gasteiger partial charge in [0.25, 0.3) is 5.91 Å². The SMILES string of the molecule is Cc1cccc(C)c1N1CC=C[C@@]23O[C@H]4/C=C\CCC(=O)NC[C@H](c5ccccc5)OC(=O)[C@H]4[C@@H]2C(=O)N(CCO)[C@H]3C1=O. The standard InChI is InChI=1S/C34H37N3O7/c1-21-10-8-11-22(2)29(21)36-17-9-16-34-28(31(40)37(18-19-38)30(34)32(36)41)27-24(44-34)14-6-7-15-26(39)35-20-25(43-33(27)42)23-12-4-3-5-13-23/h3-6,8-14,16,24-25,27-28,30,38H,7,15,17-20H2,1-2H3,(H,35,39)/b14-6-/t24-,25+,27+,28+,30-,34+/m0/s1. The first kappa shape index (κ1) is 29.8. The number of hydrogen-bond donors (Lipinski definition) is 2. The lowest BCUT2D eigenvalue weighted by molar-refractivity contribution is -0.159. The highest BCUT2D eigenvalue weighted by Crippen LogP contribution is 2.53. The third-order valence-electron chi connectivity index (χ3n) is 9.09. The second kappa shape index (κ2) is 12.0. The minimum atomic E-state index is -1.47. The van der Waals surface area contributed by atoms with E-state index < -0.39 is 47.6 Å². The number of rotatable bonds is 4. The van der Waals surface area contributed by atoms with Crippen LogP contribution in [-0.2, 0) is 28.7 Å². The van der Waals surface area contributed by atoms with E-state index in [1.807, 2.05) is 68.5 Å². The first-order valence-corrected chi connectivity index (χ1v) is 15.1. The van der Waals surface area contributed by atoms with Crippen LogP contribution in [0.15, 0.2) is 72.8 Å². The molecule has 44 heavy (non-hydrogen) atoms. The average Bonchev–Trinajstić information content (AvgIpc) is 3.39. The van der Waals surface area contributed by atoms with E-state index >= 15 is 0 Å². The zero-order chi connectivity index (χ0) is 31.0. The molecule has 6 atom stereocenters. The third kappa shape index (κ3) is 5.01. The van der Waals surface area contributed by atoms with Crippen LogP contribution >= 0.6 is 0 Å². The molecule has 6 rings (SSSR count). The number of benzene rings is 2. The van der Waals surface area contributed by atoms with Crippen molar-refractivity contribution in [2.75, 3.05) is 31.1 Å². The first-order chi connectivity index (χ1) is 21.3. The lowest BCUT2D eigenvalue weighted by atomic mass is 9.77. The molecule has 10 nitrogen and oxygen atoms in total. The van der Waals surface area contributed by atoms with Crippen LogP contribution < -0.4 is 10.2 Å². The number of amides is 3. The molecule has 2 saturated heterocycles. The molecule has 0 aliphatic carbocycles. The van der Waals surface area contributed by atoms with E-state index in [-0.39, 0.29) is 44.5 Å². The summed E-state index contributed by atoms with van der Waals surface area (Å²) in [6.45, 7) is 3.73. The van der Waals surface area contributed by atoms with Crippen LogP contribution in [0.1, 0.15) is 35.6 Å². The maximum Gasteiger partial charge on any atom is 0.313 e. The largest absolute Gasteiger partial charge is 0.455 e. The highest BCUT2D eigenvalue weighted by molar-refractivity contribution is 6.06. The molecule has 1 spiro atoms. The summed E-state index contributed by atoms with van der Waals surface area (Å²) in [6, 6.07) is 13.8. The number of allylic oxidation sites excluding steroid dienone is 1. The van der Waals surface area contributed by atoms with Gasteiger partial charge in [-0.15, -0.1) is 0 Å². The molecule has 0 saturated carbocycles. The fraction of sp³-hybridized carbons (Fsp3) is 0.412. The number of aliphatic hydroxyl groups excluding tert-OH is 1. The summed E-state index contributed by atoms with van der Waals surface area (Å²) in [6.07, 6.45) is 6.03. The molecule has 0 aromatic heterocycles. The number of hydrogen-bond acceptors (Lipinski definition) is 7. The number of nitrogens with zero attached hydrogens (tertiary/aromatic N) is 2. The molecule has 2 N–H and O–H groups in total. The molecule has 0 unspecified atom stereocenters. The second-order valence-electron chi connectivity index (χ2n) is 11.8. The van der Waals surface area contributed by atoms with Crippen molar-refractivity contribution in [3.05, 3.63) is 89.5 Å². The van der Waals surface area contributed by atoms with Crippen molar-refractivity contribution in [3.63, 3.8) is 0 Å². The highest BCUT2D eigenvalue weighted by atomic mass is 16.6. The number of aryl methyl sites for hydroxylation is 2. The molecule has 2 fully saturated rings. The Hall–Kier alpha value is -4.28. The second-order valence-corrected chi connectivity index (χ2v) is 11.8. The van der Waals surface area contributed by atoms with E-state index in [4.69, 9.17) is 9.47 Å². The minimum absolute atomic E-state index is 0.0721. The van der Waals surface area contributed by atoms with Crippen LogP contribution in [0.25, 0.3) is 0 Å². The molecule has 10 heteroatoms. The normalized spacial score (nSPS) is 31.2. The van der Waals surface area contributed by atoms with Gasteiger partial charge in [-0.25, -0.2) is 0 Å². The van der Waals surface area contributed by atoms with Gasteiger partial charge in [0, 0.05) is 25.2 Å². The summed E-state index contributed by atoms with van der Waals surface area (Å²) in [5.41, 5.74) is 1.81. The van der Waals surface area contributed by atoms with Crippen molar-refractivity contribution in [3.8, 4) is 0 Å². The predicted molar refractivity (Wildman–Crippen MR) is 161 cm³/mol. The van der Waals surface area contributed by atoms with Gasteiger partial charge in [-0.3, -0.25) is 19.2 Å². The van der Waals surface area contributed by atoms with Gasteiger partial charge in [-0.2, -0.15) is 0 Å². The predicted octanol–water partition coefficient (Wildman–Crippen LogP) is 2.53. The van der Waals surface area contributed by atoms with Crippen LogP contribution in [0.2, 0.25) is 0 Å². The van der Waals surface area contributed by atoms with E-state index in [1.165, 1.54) is 4.90 Å². The maximum absolute atomic E-state index is 14.5. The van der Waals surface area contributed by atoms with E-state index in [2.05, 4.69) is 5.32 Å². The van der Waals surface area contributed by atoms with Gasteiger partial charge >= 0.3 is 5.97 Å². The van der Waals surface area contributed by atoms with Gasteiger partial charge in [0.05, 0.1) is 25.2 Å². The van der Waals surface area contributed by atoms with Crippen LogP contribution in [0.3, 0.4) is 0 Å². The number of carbonyl (C=O) groups is 4. The molecule has 4 aliphatic rings. The fourth-order valence-corrected chi connectivity index (χ4v) is 7.19. The molecule has 2 aromatic rings. The Morgan fingerprint density at radius 3 is 2.45 bits per heavy atom. The molecule has 230 valence electrons. The quantitative estimate of drug-likeness (QED) is 0.409. The van der Waals surface area contributed by atoms with Crippen LogP contribution in [-0.4, -0.2) is 77.7 Å². The zero-order valence-corrected chi connectivity index (χ0v) is 24.8. The Bertz CT molecular complexity index is 1500. The van der Waals surface area contributed by atoms with Crippen LogP contribution in [0.5, 0.6) is 0 Å². The van der Waals surface area contributed by atoms with Crippen molar-refractivity contribution in [1.82, 2.24) is 10.2 Å². The number of carbonyl (C=O) groups excluding carboxylic acids is 4. The summed E-state index contributed by atoms with van der Waals surface area (Å²) in [5, 5.41) is 12.8. The van der Waals surface area contributed by atoms with Gasteiger partial charge in [0.1, 0.15) is 23.7 Å². The van der Waals surface area contributed by atoms with Crippen LogP contribution in [0, 0.1) is 25.7 Å². The van der Waals surface area contributed by atoms with Crippen molar-refractivity contribution >= 4 is 29.4 Å². The van der Waals surface area contributed by atoms with E-state index in [0.717, 1.165) is 16.8 Å². The topological polar surface area (TPSA) is 125 Å². The summed E-state index contributed by atoms with van der Waals surface area (Å²) in [7, 11) is 0. The smallest absolute Gasteiger partial charge is 0.313 e. The van der Waals surface area contributed by atoms with Crippen molar-refractivity contribution in [1.29, 1.82) is 0 Å². The number of fused-ring (bicyclic) bond motifs is 2. The molecule has 0 bridgehead atoms. The molecule has 2 aromatic carbocycles. The van der Waals surface area contributed by atoms with Crippen molar-refractivity contribution in [2.45, 2.75) is 50.5 Å². The molecule has 4 aliphatic heterocycles. The van der Waals surface area contributed by atoms with Crippen LogP contribution in [0.4, 0.5) is 5.69 Å². The number of anilines is 1. The monoisotopic (exact) mass is 599 g/mol. The Kier molecular flexibility index (Phi) is 8.13. The van der Waals surface area contributed by atoms with Crippen molar-refractivity contribution in [2.24, 2.45) is 11.8 Å². The van der Waals surface area contributed by atoms with Crippen molar-refractivity contribution < 1.29 is 33.8 Å². The van der Waals surface area contributed by atoms with Gasteiger partial charge in [0.15, 0.2) is 0 Å². The Labute approximate surface area is 256 Å². The summed E-state index contributed by atoms with van der Waals surface area (Å²) < 4.78 is 12.8. The van der Waals surface area contributed by atoms with Gasteiger partial charge in [0.2, 0.25) is 11.8 Å². The Morgan fingerprint density at radius 1 is 0.977 bits per heavy atom. The number of esters is 1. The maximum atomic E-state index is 14.5. The Morgan fingerprint density at radius 2 is 1.73 bits per heavy atom. The minimum Gasteiger partial charge on any atom is -0.455 e. The molecule has 3 amide bonds. The van der Waals surface area contributed by atoms with Gasteiger partial charge in [-0.05, 0) is 37.0 Å². The van der Waals surface area contributed by atoms with E-state index in [9.17, 15) is 24.3 Å². The molecule has 4 heterocycles. The summed E-state index contributed by atoms with van der Waals surface area (Å²) >= 11 is 0. The average molecular weight is 600 g/mol. The zero-order valence-electron chi connectivity index (χ0n) is 24.8. The summed E-state index contributed by atoms with van der Waals surface area (Å²) in [4.78, 5) is 58.5. The number of para-hydroxylation sites is 1. The number of aliphatic hydroxyl groups is 1. The lowest BCUT2D eigenvalue weighted by Crippen LogP contribution is -2.56. The number of cyclic esters (lactones) is 1. The Balaban J connectivity index is 1.43. The first-order valence-electron chi connectivity index (χ1n) is 15.1. The van der Waals surface area contributed by atoms with E-state index in [0.29, 0.717) is 12.0 Å². The highest BCUT2D eigenvalue weighted by Gasteiger charge is 2.71. The lowest BCUT2D eigenvalue weighted by Gasteiger charge is -2.35.